The van der Waals surface area contributed by atoms with Crippen LogP contribution in [0.2, 0.25) is 0 Å². The first-order valence-corrected chi connectivity index (χ1v) is 4.56. The van der Waals surface area contributed by atoms with Crippen molar-refractivity contribution in [1.29, 1.82) is 5.26 Å². The minimum atomic E-state index is -5.14. The molecule has 0 atom stereocenters. The van der Waals surface area contributed by atoms with Gasteiger partial charge in [-0.15, -0.1) is 0 Å². The van der Waals surface area contributed by atoms with Crippen molar-refractivity contribution in [3.63, 3.8) is 0 Å². The van der Waals surface area contributed by atoms with E-state index in [0.717, 1.165) is 6.07 Å². The minimum Gasteiger partial charge on any atom is -0.276 e. The number of halogens is 4. The van der Waals surface area contributed by atoms with E-state index < -0.39 is 38.7 Å². The van der Waals surface area contributed by atoms with Crippen LogP contribution < -0.4 is 0 Å². The number of carbonyl (C=O) groups is 1. The fourth-order valence-electron chi connectivity index (χ4n) is 1.31. The minimum absolute atomic E-state index is 0.485. The second-order valence-electron chi connectivity index (χ2n) is 3.02. The predicted molar refractivity (Wildman–Crippen MR) is 53.0 cm³/mol. The van der Waals surface area contributed by atoms with Gasteiger partial charge >= 0.3 is 6.18 Å². The zero-order chi connectivity index (χ0) is 14.1. The summed E-state index contributed by atoms with van der Waals surface area (Å²) in [5, 5.41) is 17.8. The van der Waals surface area contributed by atoms with Gasteiger partial charge in [-0.2, -0.15) is 18.4 Å². The lowest BCUT2D eigenvalue weighted by Gasteiger charge is -2.10. The van der Waals surface area contributed by atoms with Crippen LogP contribution in [0, 0.1) is 21.4 Å². The molecule has 0 heterocycles. The summed E-state index contributed by atoms with van der Waals surface area (Å²) in [6, 6.07) is 2.31. The average Bonchev–Trinajstić information content (AvgIpc) is 2.25. The van der Waals surface area contributed by atoms with E-state index in [9.17, 15) is 28.1 Å². The van der Waals surface area contributed by atoms with Gasteiger partial charge in [-0.25, -0.2) is 0 Å². The molecule has 0 radical (unpaired) electrons. The Morgan fingerprint density at radius 3 is 2.33 bits per heavy atom. The van der Waals surface area contributed by atoms with Crippen LogP contribution in [-0.4, -0.2) is 10.2 Å². The second-order valence-corrected chi connectivity index (χ2v) is 3.37. The van der Waals surface area contributed by atoms with Gasteiger partial charge in [-0.05, 0) is 17.7 Å². The average molecular weight is 279 g/mol. The smallest absolute Gasteiger partial charge is 0.276 e. The molecule has 9 heteroatoms. The Morgan fingerprint density at radius 1 is 1.44 bits per heavy atom. The fraction of sp³-hybridized carbons (Fsp3) is 0.111. The molecule has 0 aliphatic heterocycles. The first kappa shape index (κ1) is 13.9. The molecule has 0 unspecified atom stereocenters. The molecule has 5 nitrogen and oxygen atoms in total. The molecule has 0 N–H and O–H groups in total. The van der Waals surface area contributed by atoms with Gasteiger partial charge in [-0.3, -0.25) is 14.9 Å². The highest BCUT2D eigenvalue weighted by atomic mass is 35.5. The number of nitro benzene ring substituents is 1. The molecule has 18 heavy (non-hydrogen) atoms. The van der Waals surface area contributed by atoms with Crippen molar-refractivity contribution in [3.8, 4) is 6.07 Å². The van der Waals surface area contributed by atoms with Crippen LogP contribution in [0.4, 0.5) is 18.9 Å². The normalized spacial score (nSPS) is 10.8. The van der Waals surface area contributed by atoms with Crippen molar-refractivity contribution in [2.45, 2.75) is 6.18 Å². The van der Waals surface area contributed by atoms with E-state index in [1.165, 1.54) is 0 Å². The summed E-state index contributed by atoms with van der Waals surface area (Å²) in [5.74, 6) is 0. The number of hydrogen-bond acceptors (Lipinski definition) is 4. The summed E-state index contributed by atoms with van der Waals surface area (Å²) in [6.07, 6.45) is -5.14. The SMILES string of the molecule is N#Cc1c(C(=O)Cl)ccc([N+](=O)[O-])c1C(F)(F)F. The zero-order valence-corrected chi connectivity index (χ0v) is 9.04. The number of rotatable bonds is 2. The molecule has 0 aliphatic carbocycles. The van der Waals surface area contributed by atoms with E-state index >= 15 is 0 Å². The molecule has 1 rings (SSSR count). The Morgan fingerprint density at radius 2 is 2.00 bits per heavy atom. The molecule has 0 spiro atoms. The van der Waals surface area contributed by atoms with Crippen molar-refractivity contribution >= 4 is 22.5 Å². The third-order valence-electron chi connectivity index (χ3n) is 1.99. The van der Waals surface area contributed by atoms with Gasteiger partial charge in [0.15, 0.2) is 5.56 Å². The fourth-order valence-corrected chi connectivity index (χ4v) is 1.47. The Balaban J connectivity index is 3.80. The van der Waals surface area contributed by atoms with Gasteiger partial charge < -0.3 is 0 Å². The van der Waals surface area contributed by atoms with E-state index in [4.69, 9.17) is 16.9 Å². The molecular weight excluding hydrogens is 277 g/mol. The van der Waals surface area contributed by atoms with Crippen molar-refractivity contribution in [2.24, 2.45) is 0 Å². The van der Waals surface area contributed by atoms with E-state index in [1.54, 1.807) is 0 Å². The van der Waals surface area contributed by atoms with E-state index in [1.807, 2.05) is 0 Å². The molecule has 1 aromatic rings. The molecule has 0 fully saturated rings. The molecular formula is C9H2ClF3N2O3. The maximum absolute atomic E-state index is 12.7. The molecule has 0 saturated carbocycles. The molecule has 1 aromatic carbocycles. The lowest BCUT2D eigenvalue weighted by Crippen LogP contribution is -2.14. The van der Waals surface area contributed by atoms with Crippen LogP contribution in [0.1, 0.15) is 21.5 Å². The first-order valence-electron chi connectivity index (χ1n) is 4.18. The number of carbonyl (C=O) groups excluding carboxylic acids is 1. The monoisotopic (exact) mass is 278 g/mol. The Kier molecular flexibility index (Phi) is 3.57. The van der Waals surface area contributed by atoms with Gasteiger partial charge in [-0.1, -0.05) is 0 Å². The number of nitriles is 1. The third kappa shape index (κ3) is 2.41. The molecule has 0 amide bonds. The predicted octanol–water partition coefficient (Wildman–Crippen LogP) is 2.86. The zero-order valence-electron chi connectivity index (χ0n) is 8.29. The van der Waals surface area contributed by atoms with Crippen molar-refractivity contribution in [3.05, 3.63) is 38.9 Å². The van der Waals surface area contributed by atoms with Crippen molar-refractivity contribution in [2.75, 3.05) is 0 Å². The van der Waals surface area contributed by atoms with Crippen molar-refractivity contribution < 1.29 is 22.9 Å². The molecule has 0 saturated heterocycles. The number of benzene rings is 1. The van der Waals surface area contributed by atoms with E-state index in [0.29, 0.717) is 12.1 Å². The highest BCUT2D eigenvalue weighted by Gasteiger charge is 2.42. The van der Waals surface area contributed by atoms with Crippen LogP contribution in [0.5, 0.6) is 0 Å². The van der Waals surface area contributed by atoms with E-state index in [2.05, 4.69) is 0 Å². The lowest BCUT2D eigenvalue weighted by molar-refractivity contribution is -0.388. The molecule has 0 bridgehead atoms. The van der Waals surface area contributed by atoms with Crippen LogP contribution >= 0.6 is 11.6 Å². The summed E-state index contributed by atoms with van der Waals surface area (Å²) in [6.45, 7) is 0. The molecule has 0 aromatic heterocycles. The quantitative estimate of drug-likeness (QED) is 0.473. The van der Waals surface area contributed by atoms with Gasteiger partial charge in [0.1, 0.15) is 6.07 Å². The second kappa shape index (κ2) is 4.62. The maximum atomic E-state index is 12.7. The number of hydrogen-bond donors (Lipinski definition) is 0. The van der Waals surface area contributed by atoms with Crippen LogP contribution in [-0.2, 0) is 6.18 Å². The summed E-state index contributed by atoms with van der Waals surface area (Å²) >= 11 is 5.01. The molecule has 0 aliphatic rings. The van der Waals surface area contributed by atoms with Crippen LogP contribution in [0.3, 0.4) is 0 Å². The Bertz CT molecular complexity index is 578. The highest BCUT2D eigenvalue weighted by Crippen LogP contribution is 2.39. The van der Waals surface area contributed by atoms with Gasteiger partial charge in [0.2, 0.25) is 0 Å². The van der Waals surface area contributed by atoms with Crippen LogP contribution in [0.25, 0.3) is 0 Å². The maximum Gasteiger partial charge on any atom is 0.424 e. The number of nitro groups is 1. The van der Waals surface area contributed by atoms with Crippen LogP contribution in [0.15, 0.2) is 12.1 Å². The third-order valence-corrected chi connectivity index (χ3v) is 2.19. The summed E-state index contributed by atoms with van der Waals surface area (Å²) in [7, 11) is 0. The molecule has 94 valence electrons. The number of nitrogens with zero attached hydrogens (tertiary/aromatic N) is 2. The summed E-state index contributed by atoms with van der Waals surface area (Å²) in [5.41, 5.74) is -4.96. The standard InChI is InChI=1S/C9H2ClF3N2O3/c10-8(16)4-1-2-6(15(17)18)7(5(4)3-14)9(11,12)13/h1-2H. The van der Waals surface area contributed by atoms with Gasteiger partial charge in [0.05, 0.1) is 16.1 Å². The summed E-state index contributed by atoms with van der Waals surface area (Å²) in [4.78, 5) is 20.1. The summed E-state index contributed by atoms with van der Waals surface area (Å²) < 4.78 is 38.1. The van der Waals surface area contributed by atoms with Crippen molar-refractivity contribution in [1.82, 2.24) is 0 Å². The van der Waals surface area contributed by atoms with Gasteiger partial charge in [0, 0.05) is 6.07 Å². The first-order chi connectivity index (χ1) is 8.20. The lowest BCUT2D eigenvalue weighted by atomic mass is 10.0. The Hall–Kier alpha value is -2.14. The van der Waals surface area contributed by atoms with E-state index in [-0.39, 0.29) is 0 Å². The Labute approximate surface area is 103 Å². The number of alkyl halides is 3. The van der Waals surface area contributed by atoms with Gasteiger partial charge in [0.25, 0.3) is 10.9 Å². The topological polar surface area (TPSA) is 84.0 Å². The largest absolute Gasteiger partial charge is 0.424 e. The highest BCUT2D eigenvalue weighted by molar-refractivity contribution is 6.68.